The van der Waals surface area contributed by atoms with Crippen LogP contribution >= 0.6 is 11.3 Å². The van der Waals surface area contributed by atoms with Crippen LogP contribution in [0.25, 0.3) is 0 Å². The number of rotatable bonds is 5. The first-order valence-electron chi connectivity index (χ1n) is 6.65. The quantitative estimate of drug-likeness (QED) is 0.842. The summed E-state index contributed by atoms with van der Waals surface area (Å²) in [6, 6.07) is 1.99. The van der Waals surface area contributed by atoms with Gasteiger partial charge in [0.15, 0.2) is 0 Å². The van der Waals surface area contributed by atoms with E-state index >= 15 is 0 Å². The number of nitrogens with zero attached hydrogens (tertiary/aromatic N) is 2. The molecule has 0 N–H and O–H groups in total. The Labute approximate surface area is 129 Å². The highest BCUT2D eigenvalue weighted by Crippen LogP contribution is 2.26. The van der Waals surface area contributed by atoms with Gasteiger partial charge in [-0.3, -0.25) is 4.79 Å². The van der Waals surface area contributed by atoms with Crippen LogP contribution in [0.3, 0.4) is 0 Å². The minimum absolute atomic E-state index is 0.00189. The molecule has 0 aliphatic rings. The molecule has 0 unspecified atom stereocenters. The Hall–Kier alpha value is -1.67. The highest BCUT2D eigenvalue weighted by atomic mass is 32.1. The van der Waals surface area contributed by atoms with Crippen molar-refractivity contribution in [1.82, 2.24) is 9.55 Å². The Kier molecular flexibility index (Phi) is 5.02. The van der Waals surface area contributed by atoms with Crippen molar-refractivity contribution >= 4 is 11.3 Å². The fourth-order valence-corrected chi connectivity index (χ4v) is 2.77. The summed E-state index contributed by atoms with van der Waals surface area (Å²) in [7, 11) is 0. The maximum atomic E-state index is 12.7. The van der Waals surface area contributed by atoms with Gasteiger partial charge in [0.05, 0.1) is 12.2 Å². The average molecular weight is 332 g/mol. The molecule has 0 spiro atoms. The van der Waals surface area contributed by atoms with E-state index in [4.69, 9.17) is 4.74 Å². The van der Waals surface area contributed by atoms with Crippen LogP contribution in [0.4, 0.5) is 13.2 Å². The van der Waals surface area contributed by atoms with Crippen LogP contribution in [0, 0.1) is 0 Å². The van der Waals surface area contributed by atoms with Gasteiger partial charge in [0.25, 0.3) is 5.56 Å². The first-order valence-corrected chi connectivity index (χ1v) is 7.53. The van der Waals surface area contributed by atoms with E-state index in [1.807, 2.05) is 13.8 Å². The van der Waals surface area contributed by atoms with Crippen molar-refractivity contribution in [2.75, 3.05) is 6.61 Å². The van der Waals surface area contributed by atoms with E-state index < -0.39 is 17.3 Å². The van der Waals surface area contributed by atoms with E-state index in [1.165, 1.54) is 23.6 Å². The van der Waals surface area contributed by atoms with E-state index in [9.17, 15) is 18.0 Å². The molecule has 0 saturated carbocycles. The molecule has 0 aliphatic heterocycles. The van der Waals surface area contributed by atoms with Crippen molar-refractivity contribution in [3.05, 3.63) is 50.3 Å². The third-order valence-corrected chi connectivity index (χ3v) is 4.05. The number of ether oxygens (including phenoxy) is 1. The van der Waals surface area contributed by atoms with Crippen LogP contribution in [0.15, 0.2) is 28.5 Å². The second-order valence-electron chi connectivity index (χ2n) is 4.63. The second-order valence-corrected chi connectivity index (χ2v) is 5.52. The molecule has 2 rings (SSSR count). The molecule has 0 fully saturated rings. The molecule has 120 valence electrons. The van der Waals surface area contributed by atoms with E-state index in [0.717, 1.165) is 15.6 Å². The molecular weight excluding hydrogens is 317 g/mol. The molecular formula is C14H15F3N2O2S. The van der Waals surface area contributed by atoms with E-state index in [-0.39, 0.29) is 12.6 Å². The van der Waals surface area contributed by atoms with Gasteiger partial charge in [-0.2, -0.15) is 13.2 Å². The Balaban J connectivity index is 2.24. The van der Waals surface area contributed by atoms with Crippen LogP contribution in [0.2, 0.25) is 0 Å². The van der Waals surface area contributed by atoms with Crippen molar-refractivity contribution < 1.29 is 17.9 Å². The molecule has 0 saturated heterocycles. The first-order chi connectivity index (χ1) is 10.3. The number of hydrogen-bond acceptors (Lipinski definition) is 4. The van der Waals surface area contributed by atoms with Gasteiger partial charge in [0.2, 0.25) is 0 Å². The predicted octanol–water partition coefficient (Wildman–Crippen LogP) is 3.47. The molecule has 4 nitrogen and oxygen atoms in total. The fraction of sp³-hybridized carbons (Fsp3) is 0.429. The highest BCUT2D eigenvalue weighted by Gasteiger charge is 2.34. The topological polar surface area (TPSA) is 44.1 Å². The highest BCUT2D eigenvalue weighted by molar-refractivity contribution is 7.09. The molecule has 0 bridgehead atoms. The number of hydrogen-bond donors (Lipinski definition) is 0. The van der Waals surface area contributed by atoms with Crippen molar-refractivity contribution in [3.63, 3.8) is 0 Å². The predicted molar refractivity (Wildman–Crippen MR) is 77.0 cm³/mol. The molecule has 22 heavy (non-hydrogen) atoms. The zero-order valence-electron chi connectivity index (χ0n) is 12.1. The first kappa shape index (κ1) is 16.7. The fourth-order valence-electron chi connectivity index (χ4n) is 1.95. The van der Waals surface area contributed by atoms with Crippen molar-refractivity contribution in [3.8, 4) is 0 Å². The van der Waals surface area contributed by atoms with Gasteiger partial charge in [0.1, 0.15) is 16.7 Å². The third-order valence-electron chi connectivity index (χ3n) is 2.99. The lowest BCUT2D eigenvalue weighted by Gasteiger charge is -2.09. The summed E-state index contributed by atoms with van der Waals surface area (Å²) in [5.74, 6) is 0. The van der Waals surface area contributed by atoms with Gasteiger partial charge in [-0.1, -0.05) is 0 Å². The summed E-state index contributed by atoms with van der Waals surface area (Å²) in [5.41, 5.74) is -1.71. The number of thiazole rings is 1. The number of aromatic nitrogens is 2. The van der Waals surface area contributed by atoms with Gasteiger partial charge >= 0.3 is 6.18 Å². The normalized spacial score (nSPS) is 13.3. The molecule has 2 heterocycles. The zero-order chi connectivity index (χ0) is 16.3. The second kappa shape index (κ2) is 6.62. The summed E-state index contributed by atoms with van der Waals surface area (Å²) < 4.78 is 44.6. The largest absolute Gasteiger partial charge is 0.421 e. The maximum Gasteiger partial charge on any atom is 0.421 e. The summed E-state index contributed by atoms with van der Waals surface area (Å²) in [5, 5.41) is 2.45. The SMILES string of the molecule is CCO[C@@H](C)c1nc(Cn2cccc(C(F)(F)F)c2=O)cs1. The van der Waals surface area contributed by atoms with E-state index in [1.54, 1.807) is 5.38 Å². The average Bonchev–Trinajstić information content (AvgIpc) is 2.89. The van der Waals surface area contributed by atoms with Crippen LogP contribution in [-0.4, -0.2) is 16.2 Å². The van der Waals surface area contributed by atoms with Crippen LogP contribution in [-0.2, 0) is 17.5 Å². The standard InChI is InChI=1S/C14H15F3N2O2S/c1-3-21-9(2)12-18-10(8-22-12)7-19-6-4-5-11(13(19)20)14(15,16)17/h4-6,8-9H,3,7H2,1-2H3/t9-/m0/s1. The molecule has 0 radical (unpaired) electrons. The van der Waals surface area contributed by atoms with E-state index in [2.05, 4.69) is 4.98 Å². The minimum Gasteiger partial charge on any atom is -0.372 e. The van der Waals surface area contributed by atoms with Crippen molar-refractivity contribution in [2.45, 2.75) is 32.7 Å². The molecule has 1 atom stereocenters. The number of halogens is 3. The Morgan fingerprint density at radius 3 is 2.82 bits per heavy atom. The smallest absolute Gasteiger partial charge is 0.372 e. The summed E-state index contributed by atoms with van der Waals surface area (Å²) in [4.78, 5) is 16.2. The van der Waals surface area contributed by atoms with Crippen LogP contribution in [0.5, 0.6) is 0 Å². The summed E-state index contributed by atoms with van der Waals surface area (Å²) >= 11 is 1.36. The molecule has 2 aromatic rings. The zero-order valence-corrected chi connectivity index (χ0v) is 12.9. The number of pyridine rings is 1. The van der Waals surface area contributed by atoms with Gasteiger partial charge in [-0.25, -0.2) is 4.98 Å². The van der Waals surface area contributed by atoms with Crippen LogP contribution in [0.1, 0.15) is 36.2 Å². The lowest BCUT2D eigenvalue weighted by Crippen LogP contribution is -2.28. The van der Waals surface area contributed by atoms with Gasteiger partial charge in [-0.15, -0.1) is 11.3 Å². The van der Waals surface area contributed by atoms with Gasteiger partial charge in [-0.05, 0) is 26.0 Å². The Morgan fingerprint density at radius 2 is 2.18 bits per heavy atom. The number of alkyl halides is 3. The molecule has 2 aromatic heterocycles. The summed E-state index contributed by atoms with van der Waals surface area (Å²) in [6.07, 6.45) is -3.51. The Bertz CT molecular complexity index is 694. The van der Waals surface area contributed by atoms with E-state index in [0.29, 0.717) is 12.3 Å². The monoisotopic (exact) mass is 332 g/mol. The van der Waals surface area contributed by atoms with Gasteiger partial charge < -0.3 is 9.30 Å². The molecule has 0 amide bonds. The minimum atomic E-state index is -4.66. The molecule has 0 aromatic carbocycles. The lowest BCUT2D eigenvalue weighted by molar-refractivity contribution is -0.138. The van der Waals surface area contributed by atoms with Crippen molar-refractivity contribution in [1.29, 1.82) is 0 Å². The Morgan fingerprint density at radius 1 is 1.45 bits per heavy atom. The summed E-state index contributed by atoms with van der Waals surface area (Å²) in [6.45, 7) is 4.26. The molecule has 8 heteroatoms. The third kappa shape index (κ3) is 3.75. The lowest BCUT2D eigenvalue weighted by atomic mass is 10.2. The molecule has 0 aliphatic carbocycles. The van der Waals surface area contributed by atoms with Crippen LogP contribution < -0.4 is 5.56 Å². The van der Waals surface area contributed by atoms with Gasteiger partial charge in [0, 0.05) is 18.2 Å². The maximum absolute atomic E-state index is 12.7. The van der Waals surface area contributed by atoms with Crippen molar-refractivity contribution in [2.24, 2.45) is 0 Å².